The topological polar surface area (TPSA) is 218 Å². The Bertz CT molecular complexity index is 1200. The zero-order valence-corrected chi connectivity index (χ0v) is 20.7. The van der Waals surface area contributed by atoms with E-state index in [1.165, 1.54) is 19.2 Å². The number of hydrogen-bond donors (Lipinski definition) is 5. The number of benzene rings is 1. The van der Waals surface area contributed by atoms with Gasteiger partial charge in [-0.25, -0.2) is 18.4 Å². The molecule has 13 nitrogen and oxygen atoms in total. The molecule has 0 spiro atoms. The number of nitrogens with two attached hydrogens (primary N) is 3. The van der Waals surface area contributed by atoms with Gasteiger partial charge in [-0.05, 0) is 38.3 Å². The van der Waals surface area contributed by atoms with Crippen molar-refractivity contribution in [2.45, 2.75) is 37.1 Å². The van der Waals surface area contributed by atoms with Gasteiger partial charge in [-0.1, -0.05) is 29.3 Å². The van der Waals surface area contributed by atoms with Crippen LogP contribution < -0.4 is 27.2 Å². The van der Waals surface area contributed by atoms with E-state index in [1.807, 2.05) is 6.92 Å². The van der Waals surface area contributed by atoms with Crippen molar-refractivity contribution in [3.63, 3.8) is 0 Å². The molecular weight excluding hydrogens is 500 g/mol. The lowest BCUT2D eigenvalue weighted by Gasteiger charge is -2.16. The van der Waals surface area contributed by atoms with Gasteiger partial charge in [0, 0.05) is 6.54 Å². The number of carbonyl (C=O) groups is 2. The van der Waals surface area contributed by atoms with Crippen molar-refractivity contribution in [3.8, 4) is 0 Å². The van der Waals surface area contributed by atoms with Crippen LogP contribution in [-0.2, 0) is 19.6 Å². The van der Waals surface area contributed by atoms with E-state index in [0.717, 1.165) is 5.56 Å². The number of guanidine groups is 1. The Morgan fingerprint density at radius 2 is 1.80 bits per heavy atom. The van der Waals surface area contributed by atoms with Gasteiger partial charge in [-0.2, -0.15) is 4.72 Å². The van der Waals surface area contributed by atoms with Crippen LogP contribution in [0.4, 0.5) is 11.6 Å². The fourth-order valence-electron chi connectivity index (χ4n) is 2.82. The summed E-state index contributed by atoms with van der Waals surface area (Å²) in [6, 6.07) is 5.14. The number of amides is 1. The van der Waals surface area contributed by atoms with Gasteiger partial charge in [0.2, 0.25) is 10.0 Å². The smallest absolute Gasteiger partial charge is 0.323 e. The number of unbranched alkanes of at least 4 members (excludes halogenated alkanes) is 1. The summed E-state index contributed by atoms with van der Waals surface area (Å²) in [5.74, 6) is -2.02. The first-order valence-corrected chi connectivity index (χ1v) is 12.2. The molecule has 0 radical (unpaired) electrons. The molecule has 8 N–H and O–H groups in total. The average molecular weight is 527 g/mol. The standard InChI is InChI=1S/C20H27ClN8O5S/c1-11-6-8-12(9-7-11)35(32,33)29-13(19(31)34-2)5-3-4-10-25-20(24)28-18(30)14-16(22)27-17(23)15(21)26-14/h6-9,13,29H,3-5,10H2,1-2H3,(H4,22,23,27)(H3,24,25,28,30). The van der Waals surface area contributed by atoms with E-state index < -0.39 is 27.9 Å². The number of ether oxygens (including phenoxy) is 1. The molecule has 1 unspecified atom stereocenters. The minimum Gasteiger partial charge on any atom is -0.468 e. The number of methoxy groups -OCH3 is 1. The molecule has 1 heterocycles. The number of carbonyl (C=O) groups excluding carboxylic acids is 2. The molecule has 35 heavy (non-hydrogen) atoms. The number of nitrogen functional groups attached to an aromatic ring is 2. The Balaban J connectivity index is 1.90. The first-order chi connectivity index (χ1) is 16.4. The molecule has 0 bridgehead atoms. The van der Waals surface area contributed by atoms with Crippen molar-refractivity contribution in [1.29, 1.82) is 0 Å². The minimum absolute atomic E-state index is 0.0397. The van der Waals surface area contributed by atoms with Gasteiger partial charge in [0.15, 0.2) is 28.4 Å². The Kier molecular flexibility index (Phi) is 9.74. The molecule has 0 aliphatic heterocycles. The number of rotatable bonds is 10. The van der Waals surface area contributed by atoms with E-state index in [2.05, 4.69) is 25.0 Å². The molecule has 2 aromatic rings. The van der Waals surface area contributed by atoms with Gasteiger partial charge in [0.05, 0.1) is 12.0 Å². The summed E-state index contributed by atoms with van der Waals surface area (Å²) in [6.07, 6.45) is 1.01. The molecule has 190 valence electrons. The van der Waals surface area contributed by atoms with Crippen molar-refractivity contribution >= 4 is 51.1 Å². The number of anilines is 2. The minimum atomic E-state index is -3.92. The van der Waals surface area contributed by atoms with Crippen LogP contribution in [0.1, 0.15) is 35.3 Å². The first kappa shape index (κ1) is 27.8. The number of esters is 1. The maximum atomic E-state index is 12.6. The number of aromatic nitrogens is 2. The lowest BCUT2D eigenvalue weighted by Crippen LogP contribution is -2.41. The first-order valence-electron chi connectivity index (χ1n) is 10.3. The van der Waals surface area contributed by atoms with Crippen LogP contribution in [0.5, 0.6) is 0 Å². The second-order valence-corrected chi connectivity index (χ2v) is 9.43. The molecule has 0 fully saturated rings. The predicted octanol–water partition coefficient (Wildman–Crippen LogP) is 0.338. The number of aliphatic imine (C=N–C) groups is 1. The van der Waals surface area contributed by atoms with Crippen LogP contribution in [0.25, 0.3) is 0 Å². The van der Waals surface area contributed by atoms with Crippen LogP contribution in [-0.4, -0.2) is 55.9 Å². The van der Waals surface area contributed by atoms with E-state index in [0.29, 0.717) is 12.8 Å². The molecule has 1 aromatic carbocycles. The number of nitrogens with zero attached hydrogens (tertiary/aromatic N) is 3. The zero-order valence-electron chi connectivity index (χ0n) is 19.1. The maximum Gasteiger partial charge on any atom is 0.323 e. The summed E-state index contributed by atoms with van der Waals surface area (Å²) in [4.78, 5) is 35.8. The van der Waals surface area contributed by atoms with Gasteiger partial charge in [0.25, 0.3) is 5.91 Å². The number of aryl methyl sites for hydroxylation is 1. The summed E-state index contributed by atoms with van der Waals surface area (Å²) in [6.45, 7) is 2.02. The summed E-state index contributed by atoms with van der Waals surface area (Å²) in [5.41, 5.74) is 17.4. The fourth-order valence-corrected chi connectivity index (χ4v) is 4.17. The molecule has 0 saturated carbocycles. The average Bonchev–Trinajstić information content (AvgIpc) is 2.80. The zero-order chi connectivity index (χ0) is 26.2. The van der Waals surface area contributed by atoms with Crippen molar-refractivity contribution in [3.05, 3.63) is 40.7 Å². The molecule has 15 heteroatoms. The van der Waals surface area contributed by atoms with Gasteiger partial charge in [-0.15, -0.1) is 0 Å². The van der Waals surface area contributed by atoms with E-state index in [-0.39, 0.29) is 46.3 Å². The second-order valence-electron chi connectivity index (χ2n) is 7.36. The van der Waals surface area contributed by atoms with Crippen molar-refractivity contribution in [2.75, 3.05) is 25.1 Å². The van der Waals surface area contributed by atoms with E-state index in [9.17, 15) is 18.0 Å². The molecule has 1 amide bonds. The number of hydrogen-bond acceptors (Lipinski definition) is 10. The number of nitrogens with one attached hydrogen (secondary N) is 2. The highest BCUT2D eigenvalue weighted by Gasteiger charge is 2.26. The molecule has 1 atom stereocenters. The van der Waals surface area contributed by atoms with Crippen LogP contribution in [0, 0.1) is 6.92 Å². The highest BCUT2D eigenvalue weighted by Crippen LogP contribution is 2.17. The van der Waals surface area contributed by atoms with Crippen LogP contribution in [0.3, 0.4) is 0 Å². The Morgan fingerprint density at radius 1 is 1.14 bits per heavy atom. The third kappa shape index (κ3) is 8.05. The third-order valence-electron chi connectivity index (χ3n) is 4.66. The van der Waals surface area contributed by atoms with Crippen molar-refractivity contribution in [2.24, 2.45) is 10.7 Å². The Morgan fingerprint density at radius 3 is 2.43 bits per heavy atom. The maximum absolute atomic E-state index is 12.6. The predicted molar refractivity (Wildman–Crippen MR) is 131 cm³/mol. The Hall–Kier alpha value is -3.49. The highest BCUT2D eigenvalue weighted by molar-refractivity contribution is 7.89. The van der Waals surface area contributed by atoms with Gasteiger partial charge >= 0.3 is 5.97 Å². The molecule has 0 aliphatic carbocycles. The molecule has 0 aliphatic rings. The quantitative estimate of drug-likeness (QED) is 0.124. The SMILES string of the molecule is COC(=O)C(CCCCN=C(N)NC(=O)c1nc(Cl)c(N)nc1N)NS(=O)(=O)c1ccc(C)cc1. The van der Waals surface area contributed by atoms with Gasteiger partial charge < -0.3 is 21.9 Å². The molecular formula is C20H27ClN8O5S. The summed E-state index contributed by atoms with van der Waals surface area (Å²) < 4.78 is 32.3. The highest BCUT2D eigenvalue weighted by atomic mass is 35.5. The van der Waals surface area contributed by atoms with E-state index in [4.69, 9.17) is 33.5 Å². The number of halogens is 1. The largest absolute Gasteiger partial charge is 0.468 e. The number of sulfonamides is 1. The summed E-state index contributed by atoms with van der Waals surface area (Å²) >= 11 is 5.75. The normalized spacial score (nSPS) is 12.7. The van der Waals surface area contributed by atoms with Crippen LogP contribution in [0.15, 0.2) is 34.2 Å². The van der Waals surface area contributed by atoms with Crippen molar-refractivity contribution in [1.82, 2.24) is 20.0 Å². The lowest BCUT2D eigenvalue weighted by atomic mass is 10.1. The van der Waals surface area contributed by atoms with Crippen LogP contribution >= 0.6 is 11.6 Å². The second kappa shape index (κ2) is 12.3. The fraction of sp³-hybridized carbons (Fsp3) is 0.350. The summed E-state index contributed by atoms with van der Waals surface area (Å²) in [5, 5.41) is 2.12. The van der Waals surface area contributed by atoms with Crippen molar-refractivity contribution < 1.29 is 22.7 Å². The van der Waals surface area contributed by atoms with E-state index in [1.54, 1.807) is 12.1 Å². The molecule has 2 rings (SSSR count). The van der Waals surface area contributed by atoms with Gasteiger partial charge in [-0.3, -0.25) is 19.9 Å². The molecule has 1 aromatic heterocycles. The summed E-state index contributed by atoms with van der Waals surface area (Å²) in [7, 11) is -2.75. The molecule has 0 saturated heterocycles. The van der Waals surface area contributed by atoms with Crippen LogP contribution in [0.2, 0.25) is 5.15 Å². The Labute approximate surface area is 207 Å². The third-order valence-corrected chi connectivity index (χ3v) is 6.42. The van der Waals surface area contributed by atoms with Gasteiger partial charge in [0.1, 0.15) is 6.04 Å². The monoisotopic (exact) mass is 526 g/mol. The lowest BCUT2D eigenvalue weighted by molar-refractivity contribution is -0.142. The van der Waals surface area contributed by atoms with E-state index >= 15 is 0 Å².